The number of hydrogen-bond donors (Lipinski definition) is 2. The molecule has 3 N–H and O–H groups in total. The van der Waals surface area contributed by atoms with E-state index in [1.165, 1.54) is 0 Å². The molecule has 4 heteroatoms. The number of aliphatic hydroxyl groups is 1. The summed E-state index contributed by atoms with van der Waals surface area (Å²) >= 11 is 6.27. The maximum atomic E-state index is 8.97. The van der Waals surface area contributed by atoms with E-state index in [-0.39, 0.29) is 6.61 Å². The molecule has 0 saturated carbocycles. The molecule has 0 aliphatic carbocycles. The Kier molecular flexibility index (Phi) is 4.26. The minimum Gasteiger partial charge on any atom is -0.396 e. The molecule has 0 spiro atoms. The van der Waals surface area contributed by atoms with E-state index in [4.69, 9.17) is 22.4 Å². The molecule has 1 atom stereocenters. The van der Waals surface area contributed by atoms with Gasteiger partial charge in [0.25, 0.3) is 0 Å². The Bertz CT molecular complexity index is 384. The molecule has 1 fully saturated rings. The van der Waals surface area contributed by atoms with Gasteiger partial charge in [-0.05, 0) is 30.4 Å². The summed E-state index contributed by atoms with van der Waals surface area (Å²) in [4.78, 5) is 2.30. The highest BCUT2D eigenvalue weighted by Gasteiger charge is 2.24. The fourth-order valence-corrected chi connectivity index (χ4v) is 2.85. The third-order valence-corrected chi connectivity index (χ3v) is 3.73. The van der Waals surface area contributed by atoms with Gasteiger partial charge in [0.15, 0.2) is 0 Å². The van der Waals surface area contributed by atoms with Gasteiger partial charge in [-0.3, -0.25) is 0 Å². The summed E-state index contributed by atoms with van der Waals surface area (Å²) in [5.41, 5.74) is 7.94. The van der Waals surface area contributed by atoms with Crippen LogP contribution < -0.4 is 10.6 Å². The van der Waals surface area contributed by atoms with Gasteiger partial charge in [0.1, 0.15) is 0 Å². The van der Waals surface area contributed by atoms with Crippen LogP contribution in [0.25, 0.3) is 0 Å². The van der Waals surface area contributed by atoms with Crippen molar-refractivity contribution in [3.63, 3.8) is 0 Å². The maximum Gasteiger partial charge on any atom is 0.0642 e. The second-order valence-electron chi connectivity index (χ2n) is 4.56. The molecule has 0 bridgehead atoms. The van der Waals surface area contributed by atoms with E-state index in [0.717, 1.165) is 42.2 Å². The van der Waals surface area contributed by atoms with Gasteiger partial charge >= 0.3 is 0 Å². The molecule has 0 aromatic heterocycles. The highest BCUT2D eigenvalue weighted by molar-refractivity contribution is 6.33. The first-order valence-electron chi connectivity index (χ1n) is 6.09. The Balaban J connectivity index is 2.18. The third-order valence-electron chi connectivity index (χ3n) is 3.43. The Morgan fingerprint density at radius 1 is 1.47 bits per heavy atom. The van der Waals surface area contributed by atoms with Crippen LogP contribution in [0.1, 0.15) is 18.4 Å². The van der Waals surface area contributed by atoms with Crippen LogP contribution in [0.15, 0.2) is 18.2 Å². The Morgan fingerprint density at radius 3 is 3.00 bits per heavy atom. The van der Waals surface area contributed by atoms with Crippen molar-refractivity contribution in [3.05, 3.63) is 28.8 Å². The van der Waals surface area contributed by atoms with Gasteiger partial charge in [-0.2, -0.15) is 0 Å². The van der Waals surface area contributed by atoms with Gasteiger partial charge in [-0.25, -0.2) is 0 Å². The van der Waals surface area contributed by atoms with Crippen molar-refractivity contribution < 1.29 is 5.11 Å². The molecule has 1 aromatic carbocycles. The minimum atomic E-state index is 0.269. The monoisotopic (exact) mass is 254 g/mol. The lowest BCUT2D eigenvalue weighted by Crippen LogP contribution is -2.22. The van der Waals surface area contributed by atoms with Gasteiger partial charge in [-0.1, -0.05) is 23.7 Å². The number of para-hydroxylation sites is 1. The Hall–Kier alpha value is -0.770. The fraction of sp³-hybridized carbons (Fsp3) is 0.538. The van der Waals surface area contributed by atoms with Crippen molar-refractivity contribution in [3.8, 4) is 0 Å². The summed E-state index contributed by atoms with van der Waals surface area (Å²) in [6.07, 6.45) is 1.99. The van der Waals surface area contributed by atoms with Crippen molar-refractivity contribution in [1.29, 1.82) is 0 Å². The third kappa shape index (κ3) is 2.73. The standard InChI is InChI=1S/C13H19ClN2O/c14-12-3-1-2-11(8-15)13(12)16-6-4-10(9-16)5-7-17/h1-3,10,17H,4-9,15H2. The van der Waals surface area contributed by atoms with Gasteiger partial charge < -0.3 is 15.7 Å². The minimum absolute atomic E-state index is 0.269. The van der Waals surface area contributed by atoms with Crippen LogP contribution in [0.2, 0.25) is 5.02 Å². The first-order chi connectivity index (χ1) is 8.26. The van der Waals surface area contributed by atoms with E-state index in [1.807, 2.05) is 18.2 Å². The van der Waals surface area contributed by atoms with Crippen LogP contribution in [-0.4, -0.2) is 24.8 Å². The first kappa shape index (κ1) is 12.7. The zero-order chi connectivity index (χ0) is 12.3. The molecular weight excluding hydrogens is 236 g/mol. The molecule has 1 aliphatic rings. The van der Waals surface area contributed by atoms with Crippen LogP contribution in [-0.2, 0) is 6.54 Å². The zero-order valence-corrected chi connectivity index (χ0v) is 10.7. The predicted molar refractivity (Wildman–Crippen MR) is 71.4 cm³/mol. The summed E-state index contributed by atoms with van der Waals surface area (Å²) in [6.45, 7) is 2.75. The van der Waals surface area contributed by atoms with E-state index in [1.54, 1.807) is 0 Å². The van der Waals surface area contributed by atoms with E-state index < -0.39 is 0 Å². The number of halogens is 1. The molecular formula is C13H19ClN2O. The number of hydrogen-bond acceptors (Lipinski definition) is 3. The molecule has 17 heavy (non-hydrogen) atoms. The highest BCUT2D eigenvalue weighted by Crippen LogP contribution is 2.34. The van der Waals surface area contributed by atoms with Crippen molar-refractivity contribution in [2.75, 3.05) is 24.6 Å². The van der Waals surface area contributed by atoms with Crippen LogP contribution in [0.4, 0.5) is 5.69 Å². The molecule has 1 saturated heterocycles. The van der Waals surface area contributed by atoms with E-state index in [2.05, 4.69) is 4.90 Å². The second-order valence-corrected chi connectivity index (χ2v) is 4.97. The summed E-state index contributed by atoms with van der Waals surface area (Å²) < 4.78 is 0. The number of nitrogens with two attached hydrogens (primary N) is 1. The quantitative estimate of drug-likeness (QED) is 0.864. The van der Waals surface area contributed by atoms with Crippen LogP contribution in [0.5, 0.6) is 0 Å². The lowest BCUT2D eigenvalue weighted by Gasteiger charge is -2.23. The summed E-state index contributed by atoms with van der Waals surface area (Å²) in [7, 11) is 0. The number of nitrogens with zero attached hydrogens (tertiary/aromatic N) is 1. The van der Waals surface area contributed by atoms with Crippen molar-refractivity contribution in [2.24, 2.45) is 11.7 Å². The van der Waals surface area contributed by atoms with Crippen molar-refractivity contribution in [2.45, 2.75) is 19.4 Å². The van der Waals surface area contributed by atoms with Crippen molar-refractivity contribution in [1.82, 2.24) is 0 Å². The molecule has 94 valence electrons. The number of benzene rings is 1. The predicted octanol–water partition coefficient (Wildman–Crippen LogP) is 2.01. The number of rotatable bonds is 4. The molecule has 2 rings (SSSR count). The molecule has 3 nitrogen and oxygen atoms in total. The molecule has 1 unspecified atom stereocenters. The van der Waals surface area contributed by atoms with Gasteiger partial charge in [0.2, 0.25) is 0 Å². The average molecular weight is 255 g/mol. The van der Waals surface area contributed by atoms with Crippen molar-refractivity contribution >= 4 is 17.3 Å². The zero-order valence-electron chi connectivity index (χ0n) is 9.90. The summed E-state index contributed by atoms with van der Waals surface area (Å²) in [6, 6.07) is 5.88. The molecule has 1 heterocycles. The van der Waals surface area contributed by atoms with E-state index in [9.17, 15) is 0 Å². The van der Waals surface area contributed by atoms with E-state index in [0.29, 0.717) is 12.5 Å². The highest BCUT2D eigenvalue weighted by atomic mass is 35.5. The van der Waals surface area contributed by atoms with Gasteiger partial charge in [0, 0.05) is 26.2 Å². The van der Waals surface area contributed by atoms with E-state index >= 15 is 0 Å². The SMILES string of the molecule is NCc1cccc(Cl)c1N1CCC(CCO)C1. The second kappa shape index (κ2) is 5.71. The normalized spacial score (nSPS) is 19.9. The Labute approximate surface area is 107 Å². The summed E-state index contributed by atoms with van der Waals surface area (Å²) in [5.74, 6) is 0.571. The van der Waals surface area contributed by atoms with Crippen LogP contribution >= 0.6 is 11.6 Å². The first-order valence-corrected chi connectivity index (χ1v) is 6.47. The summed E-state index contributed by atoms with van der Waals surface area (Å²) in [5, 5.41) is 9.75. The Morgan fingerprint density at radius 2 is 2.29 bits per heavy atom. The molecule has 0 amide bonds. The molecule has 1 aromatic rings. The smallest absolute Gasteiger partial charge is 0.0642 e. The lowest BCUT2D eigenvalue weighted by molar-refractivity contribution is 0.263. The van der Waals surface area contributed by atoms with Gasteiger partial charge in [-0.15, -0.1) is 0 Å². The molecule has 1 aliphatic heterocycles. The number of aliphatic hydroxyl groups excluding tert-OH is 1. The lowest BCUT2D eigenvalue weighted by atomic mass is 10.1. The van der Waals surface area contributed by atoms with Gasteiger partial charge in [0.05, 0.1) is 10.7 Å². The average Bonchev–Trinajstić information content (AvgIpc) is 2.77. The largest absolute Gasteiger partial charge is 0.396 e. The molecule has 0 radical (unpaired) electrons. The van der Waals surface area contributed by atoms with Crippen LogP contribution in [0, 0.1) is 5.92 Å². The van der Waals surface area contributed by atoms with Crippen LogP contribution in [0.3, 0.4) is 0 Å². The fourth-order valence-electron chi connectivity index (χ4n) is 2.53. The topological polar surface area (TPSA) is 49.5 Å². The maximum absolute atomic E-state index is 8.97. The number of anilines is 1.